The Morgan fingerprint density at radius 3 is 2.63 bits per heavy atom. The second kappa shape index (κ2) is 8.18. The summed E-state index contributed by atoms with van der Waals surface area (Å²) in [6.07, 6.45) is -2.96. The summed E-state index contributed by atoms with van der Waals surface area (Å²) in [5, 5.41) is 44.9. The lowest BCUT2D eigenvalue weighted by Crippen LogP contribution is -3.19. The lowest BCUT2D eigenvalue weighted by atomic mass is 9.82. The first-order valence-corrected chi connectivity index (χ1v) is 12.8. The van der Waals surface area contributed by atoms with Crippen molar-refractivity contribution < 1.29 is 49.1 Å². The number of Topliss-reactive ketones (excluding diaryl/α,β-unsaturated/α-hetero) is 1. The van der Waals surface area contributed by atoms with Crippen LogP contribution in [0, 0.1) is 0 Å². The lowest BCUT2D eigenvalue weighted by molar-refractivity contribution is -0.909. The maximum atomic E-state index is 13.9. The van der Waals surface area contributed by atoms with Gasteiger partial charge in [-0.15, -0.1) is 0 Å². The van der Waals surface area contributed by atoms with Gasteiger partial charge in [-0.05, 0) is 26.3 Å². The van der Waals surface area contributed by atoms with Crippen LogP contribution in [0.4, 0.5) is 0 Å². The standard InChI is InChI=1S/C27H31NO10/c1-6-15-19-17-12(7-10(2)28(19)9-26(4,33)38-15)16-13(20(17)30)8-14(29)18-23(21(16)31)37-25-27(18,34)24(32)22(35-5)11(3)36-25/h7-8,11,15,19,22,24-25,31-34H,6,9H2,1-5H3/p+1. The zero-order valence-electron chi connectivity index (χ0n) is 21.8. The quantitative estimate of drug-likeness (QED) is 0.324. The molecule has 0 amide bonds. The maximum Gasteiger partial charge on any atom is 0.236 e. The van der Waals surface area contributed by atoms with E-state index < -0.39 is 70.7 Å². The van der Waals surface area contributed by atoms with Crippen molar-refractivity contribution in [2.24, 2.45) is 0 Å². The monoisotopic (exact) mass is 530 g/mol. The summed E-state index contributed by atoms with van der Waals surface area (Å²) in [4.78, 5) is 28.4. The molecule has 5 N–H and O–H groups in total. The van der Waals surface area contributed by atoms with Gasteiger partial charge in [0, 0.05) is 36.8 Å². The van der Waals surface area contributed by atoms with Crippen molar-refractivity contribution in [3.63, 3.8) is 0 Å². The summed E-state index contributed by atoms with van der Waals surface area (Å²) in [6.45, 7) is 7.21. The van der Waals surface area contributed by atoms with Crippen molar-refractivity contribution in [3.8, 4) is 11.5 Å². The van der Waals surface area contributed by atoms with Crippen LogP contribution in [0.2, 0.25) is 0 Å². The van der Waals surface area contributed by atoms with Gasteiger partial charge in [-0.2, -0.15) is 0 Å². The van der Waals surface area contributed by atoms with Crippen molar-refractivity contribution in [1.29, 1.82) is 0 Å². The molecule has 2 fully saturated rings. The molecule has 4 aliphatic heterocycles. The molecule has 4 heterocycles. The van der Waals surface area contributed by atoms with Crippen LogP contribution in [0.15, 0.2) is 28.2 Å². The van der Waals surface area contributed by atoms with Gasteiger partial charge in [0.15, 0.2) is 28.3 Å². The van der Waals surface area contributed by atoms with E-state index >= 15 is 0 Å². The molecular weight excluding hydrogens is 498 g/mol. The fraction of sp³-hybridized carbons (Fsp3) is 0.556. The number of aliphatic hydroxyl groups is 3. The Morgan fingerprint density at radius 2 is 1.97 bits per heavy atom. The molecule has 11 nitrogen and oxygen atoms in total. The van der Waals surface area contributed by atoms with Crippen molar-refractivity contribution in [2.75, 3.05) is 13.7 Å². The Kier molecular flexibility index (Phi) is 5.52. The third kappa shape index (κ3) is 3.15. The van der Waals surface area contributed by atoms with Gasteiger partial charge >= 0.3 is 0 Å². The van der Waals surface area contributed by atoms with E-state index in [9.17, 15) is 30.0 Å². The molecule has 0 spiro atoms. The fourth-order valence-corrected chi connectivity index (χ4v) is 6.88. The van der Waals surface area contributed by atoms with Crippen molar-refractivity contribution in [3.05, 3.63) is 50.3 Å². The minimum Gasteiger partial charge on any atom is -0.504 e. The highest BCUT2D eigenvalue weighted by Gasteiger charge is 2.63. The first-order valence-electron chi connectivity index (χ1n) is 12.8. The van der Waals surface area contributed by atoms with E-state index in [1.165, 1.54) is 7.11 Å². The summed E-state index contributed by atoms with van der Waals surface area (Å²) in [5.74, 6) is -2.68. The van der Waals surface area contributed by atoms with Gasteiger partial charge in [0.25, 0.3) is 0 Å². The van der Waals surface area contributed by atoms with E-state index in [4.69, 9.17) is 18.9 Å². The Balaban J connectivity index is 1.56. The predicted octanol–water partition coefficient (Wildman–Crippen LogP) is -0.909. The van der Waals surface area contributed by atoms with Crippen LogP contribution in [0.1, 0.15) is 55.6 Å². The number of hydrogen-bond donors (Lipinski definition) is 5. The molecule has 0 bridgehead atoms. The Bertz CT molecular complexity index is 1380. The minimum absolute atomic E-state index is 0.0315. The summed E-state index contributed by atoms with van der Waals surface area (Å²) in [6, 6.07) is 0.614. The number of aromatic hydroxyl groups is 1. The molecule has 2 saturated heterocycles. The van der Waals surface area contributed by atoms with Crippen molar-refractivity contribution in [1.82, 2.24) is 0 Å². The molecule has 204 valence electrons. The maximum absolute atomic E-state index is 13.9. The predicted molar refractivity (Wildman–Crippen MR) is 130 cm³/mol. The molecule has 1 aromatic rings. The van der Waals surface area contributed by atoms with E-state index in [0.29, 0.717) is 17.6 Å². The number of fused-ring (bicyclic) bond motifs is 7. The zero-order chi connectivity index (χ0) is 27.5. The number of nitrogens with one attached hydrogen (secondary N) is 1. The molecule has 9 unspecified atom stereocenters. The molecule has 11 heteroatoms. The van der Waals surface area contributed by atoms with Crippen LogP contribution < -0.4 is 15.1 Å². The van der Waals surface area contributed by atoms with Gasteiger partial charge in [-0.1, -0.05) is 6.92 Å². The van der Waals surface area contributed by atoms with Gasteiger partial charge in [0.1, 0.15) is 36.6 Å². The summed E-state index contributed by atoms with van der Waals surface area (Å²) in [5.41, 5.74) is -1.79. The number of morpholine rings is 1. The van der Waals surface area contributed by atoms with E-state index in [1.54, 1.807) is 19.9 Å². The number of ketones is 1. The number of aliphatic hydroxyl groups excluding tert-OH is 1. The number of carbonyl (C=O) groups is 1. The molecule has 0 radical (unpaired) electrons. The normalized spacial score (nSPS) is 41.0. The number of allylic oxidation sites excluding steroid dienone is 3. The lowest BCUT2D eigenvalue weighted by Gasteiger charge is -2.46. The van der Waals surface area contributed by atoms with Gasteiger partial charge in [0.2, 0.25) is 12.1 Å². The summed E-state index contributed by atoms with van der Waals surface area (Å²) >= 11 is 0. The summed E-state index contributed by atoms with van der Waals surface area (Å²) in [7, 11) is 1.34. The van der Waals surface area contributed by atoms with E-state index in [2.05, 4.69) is 0 Å². The van der Waals surface area contributed by atoms with Crippen LogP contribution in [-0.4, -0.2) is 82.4 Å². The number of methoxy groups -OCH3 is 1. The van der Waals surface area contributed by atoms with Gasteiger partial charge in [0.05, 0.1) is 17.2 Å². The van der Waals surface area contributed by atoms with Crippen molar-refractivity contribution >= 4 is 11.4 Å². The second-order valence-corrected chi connectivity index (χ2v) is 11.0. The average molecular weight is 531 g/mol. The average Bonchev–Trinajstić information content (AvgIpc) is 3.25. The third-order valence-electron chi connectivity index (χ3n) is 8.59. The van der Waals surface area contributed by atoms with Crippen LogP contribution >= 0.6 is 0 Å². The number of ether oxygens (including phenoxy) is 4. The Morgan fingerprint density at radius 1 is 1.26 bits per heavy atom. The molecule has 5 aliphatic rings. The fourth-order valence-electron chi connectivity index (χ4n) is 6.88. The first kappa shape index (κ1) is 25.6. The molecule has 9 atom stereocenters. The van der Waals surface area contributed by atoms with Crippen molar-refractivity contribution in [2.45, 2.75) is 82.3 Å². The highest BCUT2D eigenvalue weighted by Crippen LogP contribution is 2.54. The van der Waals surface area contributed by atoms with E-state index in [0.717, 1.165) is 16.7 Å². The zero-order valence-corrected chi connectivity index (χ0v) is 21.8. The number of rotatable bonds is 2. The smallest absolute Gasteiger partial charge is 0.236 e. The van der Waals surface area contributed by atoms with Crippen LogP contribution in [0.5, 0.6) is 11.5 Å². The molecule has 1 aliphatic carbocycles. The largest absolute Gasteiger partial charge is 0.504 e. The van der Waals surface area contributed by atoms with Crippen LogP contribution in [0.3, 0.4) is 0 Å². The summed E-state index contributed by atoms with van der Waals surface area (Å²) < 4.78 is 22.8. The van der Waals surface area contributed by atoms with Crippen LogP contribution in [-0.2, 0) is 19.8 Å². The molecule has 6 rings (SSSR count). The highest BCUT2D eigenvalue weighted by atomic mass is 16.7. The SMILES string of the molecule is CCC1OC(C)(O)C[NH+]2C(C)=CC3=C(C(=O)c4cc(=O)c5c(c(O)c43)OC3OC(C)C(OC)C(O)C53O)C12. The van der Waals surface area contributed by atoms with E-state index in [-0.39, 0.29) is 23.4 Å². The number of carbonyl (C=O) groups excluding carboxylic acids is 1. The Hall–Kier alpha value is -2.64. The first-order chi connectivity index (χ1) is 17.9. The molecular formula is C27H32NO10+. The topological polar surface area (TPSA) is 156 Å². The minimum atomic E-state index is -2.33. The third-order valence-corrected chi connectivity index (χ3v) is 8.59. The number of hydrogen-bond acceptors (Lipinski definition) is 10. The Labute approximate surface area is 218 Å². The van der Waals surface area contributed by atoms with E-state index in [1.807, 2.05) is 13.8 Å². The molecule has 1 aromatic carbocycles. The molecule has 0 saturated carbocycles. The van der Waals surface area contributed by atoms with Gasteiger partial charge in [-0.25, -0.2) is 0 Å². The highest BCUT2D eigenvalue weighted by molar-refractivity contribution is 6.23. The second-order valence-electron chi connectivity index (χ2n) is 11.0. The van der Waals surface area contributed by atoms with Crippen LogP contribution in [0.25, 0.3) is 5.57 Å². The molecule has 0 aromatic heterocycles. The van der Waals surface area contributed by atoms with Gasteiger partial charge < -0.3 is 39.4 Å². The number of quaternary nitrogens is 1. The molecule has 38 heavy (non-hydrogen) atoms. The van der Waals surface area contributed by atoms with Gasteiger partial charge in [-0.3, -0.25) is 14.5 Å².